The first-order valence-corrected chi connectivity index (χ1v) is 8.57. The molecule has 0 unspecified atom stereocenters. The average Bonchev–Trinajstić information content (AvgIpc) is 3.10. The molecular weight excluding hydrogens is 360 g/mol. The fourth-order valence-electron chi connectivity index (χ4n) is 3.21. The van der Waals surface area contributed by atoms with Gasteiger partial charge in [0, 0.05) is 15.4 Å². The summed E-state index contributed by atoms with van der Waals surface area (Å²) in [5, 5.41) is 2.44. The van der Waals surface area contributed by atoms with Gasteiger partial charge >= 0.3 is 0 Å². The van der Waals surface area contributed by atoms with Gasteiger partial charge in [-0.25, -0.2) is 0 Å². The molecule has 0 amide bonds. The molecule has 0 heterocycles. The van der Waals surface area contributed by atoms with Crippen molar-refractivity contribution in [3.8, 4) is 11.1 Å². The lowest BCUT2D eigenvalue weighted by Gasteiger charge is -2.15. The Morgan fingerprint density at radius 2 is 1.54 bits per heavy atom. The Morgan fingerprint density at radius 1 is 0.833 bits per heavy atom. The van der Waals surface area contributed by atoms with E-state index in [1.54, 1.807) is 7.11 Å². The number of benzene rings is 3. The summed E-state index contributed by atoms with van der Waals surface area (Å²) >= 11 is 3.72. The molecule has 0 N–H and O–H groups in total. The van der Waals surface area contributed by atoms with Crippen LogP contribution in [0.3, 0.4) is 0 Å². The number of allylic oxidation sites excluding steroid dienone is 2. The van der Waals surface area contributed by atoms with E-state index in [-0.39, 0.29) is 0 Å². The Morgan fingerprint density at radius 3 is 2.33 bits per heavy atom. The van der Waals surface area contributed by atoms with Crippen LogP contribution in [0.2, 0.25) is 0 Å². The molecule has 1 aliphatic carbocycles. The van der Waals surface area contributed by atoms with Crippen LogP contribution in [0.4, 0.5) is 0 Å². The molecule has 2 heteroatoms. The number of fused-ring (bicyclic) bond motifs is 1. The summed E-state index contributed by atoms with van der Waals surface area (Å²) in [5.74, 6) is 0.779. The van der Waals surface area contributed by atoms with Gasteiger partial charge in [-0.05, 0) is 40.3 Å². The molecule has 0 aliphatic heterocycles. The van der Waals surface area contributed by atoms with Gasteiger partial charge in [-0.3, -0.25) is 0 Å². The van der Waals surface area contributed by atoms with E-state index in [4.69, 9.17) is 4.74 Å². The van der Waals surface area contributed by atoms with Gasteiger partial charge in [0.15, 0.2) is 5.76 Å². The second-order valence-corrected chi connectivity index (χ2v) is 6.47. The number of ether oxygens (including phenoxy) is 1. The van der Waals surface area contributed by atoms with Gasteiger partial charge in [0.25, 0.3) is 0 Å². The molecule has 0 radical (unpaired) electrons. The van der Waals surface area contributed by atoms with Crippen LogP contribution in [0.25, 0.3) is 27.5 Å². The number of hydrogen-bond acceptors (Lipinski definition) is 1. The van der Waals surface area contributed by atoms with Crippen molar-refractivity contribution in [1.82, 2.24) is 0 Å². The second kappa shape index (κ2) is 6.16. The number of rotatable bonds is 3. The smallest absolute Gasteiger partial charge is 0.169 e. The third kappa shape index (κ3) is 2.41. The minimum Gasteiger partial charge on any atom is -0.489 e. The van der Waals surface area contributed by atoms with E-state index in [0.29, 0.717) is 0 Å². The Kier molecular flexibility index (Phi) is 3.86. The van der Waals surface area contributed by atoms with E-state index in [1.165, 1.54) is 21.9 Å². The molecule has 0 bridgehead atoms. The van der Waals surface area contributed by atoms with Crippen LogP contribution in [0, 0.1) is 0 Å². The van der Waals surface area contributed by atoms with Crippen LogP contribution in [-0.4, -0.2) is 7.11 Å². The largest absolute Gasteiger partial charge is 0.489 e. The predicted molar refractivity (Wildman–Crippen MR) is 104 cm³/mol. The molecule has 0 atom stereocenters. The fourth-order valence-corrected chi connectivity index (χ4v) is 3.80. The van der Waals surface area contributed by atoms with Crippen molar-refractivity contribution in [1.29, 1.82) is 0 Å². The zero-order chi connectivity index (χ0) is 16.5. The Labute approximate surface area is 149 Å². The second-order valence-electron chi connectivity index (χ2n) is 5.61. The number of methoxy groups -OCH3 is 1. The van der Waals surface area contributed by atoms with Gasteiger partial charge < -0.3 is 4.74 Å². The van der Waals surface area contributed by atoms with Crippen molar-refractivity contribution in [3.05, 3.63) is 94.3 Å². The molecular formula is C22H15BrO. The highest BCUT2D eigenvalue weighted by Crippen LogP contribution is 2.39. The maximum absolute atomic E-state index is 5.48. The first-order chi connectivity index (χ1) is 11.8. The Balaban J connectivity index is 1.99. The van der Waals surface area contributed by atoms with Crippen molar-refractivity contribution in [2.45, 2.75) is 0 Å². The van der Waals surface area contributed by atoms with Crippen LogP contribution >= 0.6 is 15.9 Å². The highest BCUT2D eigenvalue weighted by atomic mass is 79.9. The lowest BCUT2D eigenvalue weighted by Crippen LogP contribution is -1.94. The molecule has 0 spiro atoms. The van der Waals surface area contributed by atoms with Crippen molar-refractivity contribution < 1.29 is 4.74 Å². The topological polar surface area (TPSA) is 9.23 Å². The first-order valence-electron chi connectivity index (χ1n) is 7.78. The molecule has 3 aromatic rings. The minimum absolute atomic E-state index is 0.779. The van der Waals surface area contributed by atoms with Crippen molar-refractivity contribution in [2.24, 2.45) is 0 Å². The SMILES string of the molecule is COC1=C=CC=C1c1ccccc1-c1cccc2cccc(Br)c12. The van der Waals surface area contributed by atoms with Gasteiger partial charge in [0.1, 0.15) is 0 Å². The first kappa shape index (κ1) is 15.0. The van der Waals surface area contributed by atoms with E-state index in [9.17, 15) is 0 Å². The Hall–Kier alpha value is -2.54. The summed E-state index contributed by atoms with van der Waals surface area (Å²) in [4.78, 5) is 0. The summed E-state index contributed by atoms with van der Waals surface area (Å²) in [5.41, 5.74) is 7.76. The molecule has 0 fully saturated rings. The van der Waals surface area contributed by atoms with Crippen LogP contribution in [0.5, 0.6) is 0 Å². The normalized spacial score (nSPS) is 13.1. The number of hydrogen-bond donors (Lipinski definition) is 0. The van der Waals surface area contributed by atoms with Crippen molar-refractivity contribution >= 4 is 32.3 Å². The lowest BCUT2D eigenvalue weighted by molar-refractivity contribution is 0.313. The molecule has 24 heavy (non-hydrogen) atoms. The molecule has 0 aromatic heterocycles. The molecule has 1 nitrogen and oxygen atoms in total. The van der Waals surface area contributed by atoms with E-state index in [2.05, 4.69) is 88.4 Å². The number of halogens is 1. The zero-order valence-electron chi connectivity index (χ0n) is 13.2. The molecule has 4 rings (SSSR count). The minimum atomic E-state index is 0.779. The van der Waals surface area contributed by atoms with Crippen LogP contribution in [0.1, 0.15) is 5.56 Å². The Bertz CT molecular complexity index is 1030. The maximum Gasteiger partial charge on any atom is 0.169 e. The third-order valence-electron chi connectivity index (χ3n) is 4.27. The van der Waals surface area contributed by atoms with Gasteiger partial charge in [-0.15, -0.1) is 0 Å². The fraction of sp³-hybridized carbons (Fsp3) is 0.0455. The monoisotopic (exact) mass is 374 g/mol. The van der Waals surface area contributed by atoms with E-state index >= 15 is 0 Å². The molecule has 116 valence electrons. The standard InChI is InChI=1S/C22H15BrO/c1-24-21-14-6-11-18(21)16-9-2-3-10-17(16)19-12-4-7-15-8-5-13-20(23)22(15)19/h2-13H,1H3. The zero-order valence-corrected chi connectivity index (χ0v) is 14.8. The summed E-state index contributed by atoms with van der Waals surface area (Å²) in [6.45, 7) is 0. The van der Waals surface area contributed by atoms with Gasteiger partial charge in [-0.1, -0.05) is 76.3 Å². The highest BCUT2D eigenvalue weighted by molar-refractivity contribution is 9.10. The summed E-state index contributed by atoms with van der Waals surface area (Å²) in [7, 11) is 1.69. The molecule has 0 saturated heterocycles. The third-order valence-corrected chi connectivity index (χ3v) is 4.94. The van der Waals surface area contributed by atoms with Crippen LogP contribution in [-0.2, 0) is 4.74 Å². The quantitative estimate of drug-likeness (QED) is 0.485. The lowest BCUT2D eigenvalue weighted by atomic mass is 9.91. The van der Waals surface area contributed by atoms with E-state index in [0.717, 1.165) is 21.4 Å². The predicted octanol–water partition coefficient (Wildman–Crippen LogP) is 6.35. The van der Waals surface area contributed by atoms with Gasteiger partial charge in [0.05, 0.1) is 7.11 Å². The van der Waals surface area contributed by atoms with E-state index in [1.807, 2.05) is 6.08 Å². The van der Waals surface area contributed by atoms with Crippen molar-refractivity contribution in [2.75, 3.05) is 7.11 Å². The summed E-state index contributed by atoms with van der Waals surface area (Å²) in [6, 6.07) is 21.2. The average molecular weight is 375 g/mol. The summed E-state index contributed by atoms with van der Waals surface area (Å²) < 4.78 is 6.58. The molecule has 0 saturated carbocycles. The van der Waals surface area contributed by atoms with Crippen LogP contribution in [0.15, 0.2) is 88.8 Å². The van der Waals surface area contributed by atoms with Gasteiger partial charge in [-0.2, -0.15) is 0 Å². The van der Waals surface area contributed by atoms with Crippen LogP contribution < -0.4 is 0 Å². The summed E-state index contributed by atoms with van der Waals surface area (Å²) in [6.07, 6.45) is 3.96. The highest BCUT2D eigenvalue weighted by Gasteiger charge is 2.17. The maximum atomic E-state index is 5.48. The van der Waals surface area contributed by atoms with E-state index < -0.39 is 0 Å². The van der Waals surface area contributed by atoms with Gasteiger partial charge in [0.2, 0.25) is 0 Å². The molecule has 3 aromatic carbocycles. The molecule has 1 aliphatic rings. The van der Waals surface area contributed by atoms with Crippen molar-refractivity contribution in [3.63, 3.8) is 0 Å².